The molecule has 2 rings (SSSR count). The maximum absolute atomic E-state index is 13.9. The summed E-state index contributed by atoms with van der Waals surface area (Å²) in [5.74, 6) is -1.10. The summed E-state index contributed by atoms with van der Waals surface area (Å²) >= 11 is 0. The Bertz CT molecular complexity index is 788. The average Bonchev–Trinajstić information content (AvgIpc) is 2.67. The van der Waals surface area contributed by atoms with E-state index in [0.717, 1.165) is 24.8 Å². The van der Waals surface area contributed by atoms with E-state index in [4.69, 9.17) is 14.2 Å². The van der Waals surface area contributed by atoms with Gasteiger partial charge in [0, 0.05) is 12.7 Å². The van der Waals surface area contributed by atoms with Crippen LogP contribution in [0.1, 0.15) is 11.1 Å². The molecule has 2 aromatic carbocycles. The Morgan fingerprint density at radius 1 is 1.11 bits per heavy atom. The minimum Gasteiger partial charge on any atom is -0.489 e. The maximum atomic E-state index is 13.9. The summed E-state index contributed by atoms with van der Waals surface area (Å²) < 4.78 is 56.8. The van der Waals surface area contributed by atoms with Gasteiger partial charge in [-0.25, -0.2) is 4.79 Å². The molecular weight excluding hydrogens is 373 g/mol. The van der Waals surface area contributed by atoms with E-state index in [-0.39, 0.29) is 12.2 Å². The molecule has 0 amide bonds. The lowest BCUT2D eigenvalue weighted by molar-refractivity contribution is -0.277. The van der Waals surface area contributed by atoms with Gasteiger partial charge >= 0.3 is 12.1 Å². The number of halogens is 3. The minimum atomic E-state index is -5.04. The number of methoxy groups -OCH3 is 1. The van der Waals surface area contributed by atoms with Crippen LogP contribution in [0.5, 0.6) is 5.75 Å². The van der Waals surface area contributed by atoms with Crippen molar-refractivity contribution in [1.82, 2.24) is 0 Å². The van der Waals surface area contributed by atoms with Gasteiger partial charge in [0.1, 0.15) is 12.4 Å². The van der Waals surface area contributed by atoms with Crippen LogP contribution in [0.3, 0.4) is 0 Å². The highest BCUT2D eigenvalue weighted by Crippen LogP contribution is 2.43. The lowest BCUT2D eigenvalue weighted by Gasteiger charge is -2.33. The Hall–Kier alpha value is -2.80. The highest BCUT2D eigenvalue weighted by Gasteiger charge is 2.64. The van der Waals surface area contributed by atoms with E-state index < -0.39 is 23.9 Å². The number of hydrogen-bond acceptors (Lipinski definition) is 4. The monoisotopic (exact) mass is 394 g/mol. The number of benzene rings is 2. The van der Waals surface area contributed by atoms with Gasteiger partial charge in [-0.3, -0.25) is 0 Å². The molecule has 4 nitrogen and oxygen atoms in total. The zero-order valence-corrected chi connectivity index (χ0v) is 15.5. The van der Waals surface area contributed by atoms with Crippen LogP contribution in [0, 0.1) is 6.92 Å². The molecule has 0 fully saturated rings. The van der Waals surface area contributed by atoms with Crippen LogP contribution in [0.2, 0.25) is 0 Å². The number of hydrogen-bond donors (Lipinski definition) is 0. The highest BCUT2D eigenvalue weighted by molar-refractivity contribution is 5.83. The molecule has 0 bridgehead atoms. The molecule has 0 aliphatic carbocycles. The second kappa shape index (κ2) is 8.93. The summed E-state index contributed by atoms with van der Waals surface area (Å²) in [6.45, 7) is 5.22. The van der Waals surface area contributed by atoms with Crippen molar-refractivity contribution in [2.24, 2.45) is 0 Å². The first kappa shape index (κ1) is 21.5. The van der Waals surface area contributed by atoms with Crippen LogP contribution in [0.4, 0.5) is 13.2 Å². The van der Waals surface area contributed by atoms with Gasteiger partial charge in [0.15, 0.2) is 6.10 Å². The fourth-order valence-electron chi connectivity index (χ4n) is 2.57. The molecule has 2 aromatic rings. The van der Waals surface area contributed by atoms with Crippen LogP contribution in [-0.4, -0.2) is 32.0 Å². The summed E-state index contributed by atoms with van der Waals surface area (Å²) in [5.41, 5.74) is -2.60. The first-order chi connectivity index (χ1) is 13.2. The van der Waals surface area contributed by atoms with Crippen molar-refractivity contribution in [2.45, 2.75) is 24.8 Å². The molecule has 2 unspecified atom stereocenters. The SMILES string of the molecule is C=CC(COc1ccc(C)cc1)OC(=O)C(OC)(c1ccccc1)C(F)(F)F. The number of aryl methyl sites for hydroxylation is 1. The number of ether oxygens (including phenoxy) is 3. The molecule has 150 valence electrons. The number of carbonyl (C=O) groups is 1. The molecule has 2 atom stereocenters. The van der Waals surface area contributed by atoms with Crippen molar-refractivity contribution in [3.05, 3.63) is 78.4 Å². The van der Waals surface area contributed by atoms with E-state index in [1.54, 1.807) is 12.1 Å². The Balaban J connectivity index is 2.21. The predicted octanol–water partition coefficient (Wildman–Crippen LogP) is 4.58. The van der Waals surface area contributed by atoms with Gasteiger partial charge < -0.3 is 14.2 Å². The molecule has 0 N–H and O–H groups in total. The zero-order chi connectivity index (χ0) is 20.8. The van der Waals surface area contributed by atoms with Gasteiger partial charge in [-0.1, -0.05) is 54.6 Å². The average molecular weight is 394 g/mol. The van der Waals surface area contributed by atoms with Gasteiger partial charge in [0.05, 0.1) is 0 Å². The number of alkyl halides is 3. The Morgan fingerprint density at radius 3 is 2.21 bits per heavy atom. The molecule has 0 aliphatic heterocycles. The number of rotatable bonds is 8. The largest absolute Gasteiger partial charge is 0.489 e. The lowest BCUT2D eigenvalue weighted by Crippen LogP contribution is -2.52. The van der Waals surface area contributed by atoms with Crippen molar-refractivity contribution in [2.75, 3.05) is 13.7 Å². The van der Waals surface area contributed by atoms with Gasteiger partial charge in [0.25, 0.3) is 5.60 Å². The summed E-state index contributed by atoms with van der Waals surface area (Å²) in [4.78, 5) is 12.6. The second-order valence-electron chi connectivity index (χ2n) is 6.05. The van der Waals surface area contributed by atoms with Crippen molar-refractivity contribution in [1.29, 1.82) is 0 Å². The quantitative estimate of drug-likeness (QED) is 0.486. The third-order valence-corrected chi connectivity index (χ3v) is 4.13. The number of carbonyl (C=O) groups excluding carboxylic acids is 1. The Morgan fingerprint density at radius 2 is 1.71 bits per heavy atom. The predicted molar refractivity (Wildman–Crippen MR) is 97.9 cm³/mol. The smallest absolute Gasteiger partial charge is 0.432 e. The summed E-state index contributed by atoms with van der Waals surface area (Å²) in [6.07, 6.45) is -4.94. The van der Waals surface area contributed by atoms with Gasteiger partial charge in [-0.05, 0) is 25.1 Å². The van der Waals surface area contributed by atoms with Gasteiger partial charge in [-0.2, -0.15) is 13.2 Å². The van der Waals surface area contributed by atoms with Crippen LogP contribution < -0.4 is 4.74 Å². The van der Waals surface area contributed by atoms with E-state index in [2.05, 4.69) is 6.58 Å². The van der Waals surface area contributed by atoms with E-state index >= 15 is 0 Å². The maximum Gasteiger partial charge on any atom is 0.432 e. The Labute approximate surface area is 161 Å². The molecule has 0 saturated heterocycles. The lowest BCUT2D eigenvalue weighted by atomic mass is 9.92. The fraction of sp³-hybridized carbons (Fsp3) is 0.286. The topological polar surface area (TPSA) is 44.8 Å². The molecular formula is C21H21F3O4. The molecule has 0 radical (unpaired) electrons. The molecule has 0 aromatic heterocycles. The van der Waals surface area contributed by atoms with Crippen molar-refractivity contribution in [3.8, 4) is 5.75 Å². The Kier molecular flexibility index (Phi) is 6.85. The molecule has 0 heterocycles. The fourth-order valence-corrected chi connectivity index (χ4v) is 2.57. The zero-order valence-electron chi connectivity index (χ0n) is 15.5. The highest BCUT2D eigenvalue weighted by atomic mass is 19.4. The normalized spacial score (nSPS) is 14.6. The summed E-state index contributed by atoms with van der Waals surface area (Å²) in [5, 5.41) is 0. The standard InChI is InChI=1S/C21H21F3O4/c1-4-17(14-27-18-12-10-15(2)11-13-18)28-19(25)20(26-3,21(22,23)24)16-8-6-5-7-9-16/h4-13,17H,1,14H2,2-3H3. The summed E-state index contributed by atoms with van der Waals surface area (Å²) in [6, 6.07) is 13.7. The van der Waals surface area contributed by atoms with Crippen molar-refractivity contribution in [3.63, 3.8) is 0 Å². The van der Waals surface area contributed by atoms with E-state index in [0.29, 0.717) is 5.75 Å². The molecule has 0 aliphatic rings. The van der Waals surface area contributed by atoms with Crippen LogP contribution in [0.15, 0.2) is 67.3 Å². The third-order valence-electron chi connectivity index (χ3n) is 4.13. The van der Waals surface area contributed by atoms with Crippen molar-refractivity contribution >= 4 is 5.97 Å². The van der Waals surface area contributed by atoms with Gasteiger partial charge in [-0.15, -0.1) is 0 Å². The van der Waals surface area contributed by atoms with Crippen LogP contribution >= 0.6 is 0 Å². The second-order valence-corrected chi connectivity index (χ2v) is 6.05. The minimum absolute atomic E-state index is 0.190. The molecule has 7 heteroatoms. The molecule has 0 saturated carbocycles. The van der Waals surface area contributed by atoms with E-state index in [1.165, 1.54) is 24.3 Å². The van der Waals surface area contributed by atoms with Crippen molar-refractivity contribution < 1.29 is 32.2 Å². The summed E-state index contributed by atoms with van der Waals surface area (Å²) in [7, 11) is 0.813. The third kappa shape index (κ3) is 4.54. The first-order valence-electron chi connectivity index (χ1n) is 8.45. The molecule has 0 spiro atoms. The van der Waals surface area contributed by atoms with E-state index in [9.17, 15) is 18.0 Å². The van der Waals surface area contributed by atoms with Crippen LogP contribution in [0.25, 0.3) is 0 Å². The van der Waals surface area contributed by atoms with Gasteiger partial charge in [0.2, 0.25) is 0 Å². The van der Waals surface area contributed by atoms with Crippen LogP contribution in [-0.2, 0) is 19.9 Å². The first-order valence-corrected chi connectivity index (χ1v) is 8.45. The number of esters is 1. The molecule has 28 heavy (non-hydrogen) atoms. The van der Waals surface area contributed by atoms with E-state index in [1.807, 2.05) is 19.1 Å².